The van der Waals surface area contributed by atoms with Crippen molar-refractivity contribution in [1.29, 1.82) is 0 Å². The van der Waals surface area contributed by atoms with Crippen molar-refractivity contribution in [3.05, 3.63) is 166 Å². The molecule has 0 spiro atoms. The molecule has 0 bridgehead atoms. The van der Waals surface area contributed by atoms with Gasteiger partial charge in [-0.1, -0.05) is 107 Å². The third-order valence-electron chi connectivity index (χ3n) is 11.0. The minimum Gasteiger partial charge on any atom is -0.166 e. The highest BCUT2D eigenvalue weighted by atomic mass is 19.4. The van der Waals surface area contributed by atoms with Crippen molar-refractivity contribution < 1.29 is 52.7 Å². The van der Waals surface area contributed by atoms with E-state index in [4.69, 9.17) is 0 Å². The lowest BCUT2D eigenvalue weighted by atomic mass is 9.76. The fraction of sp³-hybridized carbons (Fsp3) is 0.160. The minimum absolute atomic E-state index is 0.00469. The van der Waals surface area contributed by atoms with Crippen LogP contribution in [0.3, 0.4) is 0 Å². The predicted octanol–water partition coefficient (Wildman–Crippen LogP) is 17.1. The Bertz CT molecular complexity index is 2790. The summed E-state index contributed by atoms with van der Waals surface area (Å²) in [6, 6.07) is 25.7. The van der Waals surface area contributed by atoms with E-state index in [0.29, 0.717) is 57.3 Å². The summed E-state index contributed by atoms with van der Waals surface area (Å²) < 4.78 is 176. The SMILES string of the molecule is Cc1cc(C)cc(-c2c3ccccc3c(-c3cc(C)cc(C)c3)c3c(-c4cc(C(F)(F)F)cc(C(F)(F)F)c4)c4ccccc4c(-c4cc(C(F)(F)F)cc(C(F)(F)F)c4)c23)c1. The molecule has 8 rings (SSSR count). The van der Waals surface area contributed by atoms with Crippen LogP contribution in [0.15, 0.2) is 121 Å². The summed E-state index contributed by atoms with van der Waals surface area (Å²) in [6.07, 6.45) is -21.1. The molecule has 0 aliphatic heterocycles. The first-order chi connectivity index (χ1) is 28.9. The Kier molecular flexibility index (Phi) is 10.0. The molecule has 8 aromatic carbocycles. The number of hydrogen-bond acceptors (Lipinski definition) is 0. The molecule has 316 valence electrons. The van der Waals surface area contributed by atoms with Crippen LogP contribution in [-0.4, -0.2) is 0 Å². The van der Waals surface area contributed by atoms with Crippen LogP contribution in [0, 0.1) is 27.7 Å². The summed E-state index contributed by atoms with van der Waals surface area (Å²) in [4.78, 5) is 0. The van der Waals surface area contributed by atoms with Gasteiger partial charge in [0.15, 0.2) is 0 Å². The van der Waals surface area contributed by atoms with E-state index in [1.807, 2.05) is 12.1 Å². The Hall–Kier alpha value is -6.30. The first-order valence-electron chi connectivity index (χ1n) is 19.1. The van der Waals surface area contributed by atoms with E-state index in [1.54, 1.807) is 76.2 Å². The second kappa shape index (κ2) is 14.7. The second-order valence-corrected chi connectivity index (χ2v) is 15.7. The Labute approximate surface area is 347 Å². The number of rotatable bonds is 4. The van der Waals surface area contributed by atoms with Gasteiger partial charge in [0.1, 0.15) is 0 Å². The topological polar surface area (TPSA) is 0 Å². The van der Waals surface area contributed by atoms with E-state index >= 15 is 0 Å². The number of halogens is 12. The molecule has 0 unspecified atom stereocenters. The highest BCUT2D eigenvalue weighted by Crippen LogP contribution is 2.55. The number of aryl methyl sites for hydroxylation is 4. The second-order valence-electron chi connectivity index (χ2n) is 15.7. The molecule has 0 atom stereocenters. The van der Waals surface area contributed by atoms with Crippen LogP contribution in [0.25, 0.3) is 76.8 Å². The van der Waals surface area contributed by atoms with Gasteiger partial charge < -0.3 is 0 Å². The largest absolute Gasteiger partial charge is 0.416 e. The van der Waals surface area contributed by atoms with Crippen LogP contribution in [0.1, 0.15) is 44.5 Å². The van der Waals surface area contributed by atoms with Gasteiger partial charge >= 0.3 is 24.7 Å². The van der Waals surface area contributed by atoms with Crippen LogP contribution >= 0.6 is 0 Å². The molecule has 0 aromatic heterocycles. The average molecular weight is 861 g/mol. The van der Waals surface area contributed by atoms with E-state index in [9.17, 15) is 52.7 Å². The predicted molar refractivity (Wildman–Crippen MR) is 220 cm³/mol. The van der Waals surface area contributed by atoms with E-state index in [1.165, 1.54) is 24.3 Å². The molecule has 8 aromatic rings. The van der Waals surface area contributed by atoms with Crippen molar-refractivity contribution in [2.75, 3.05) is 0 Å². The van der Waals surface area contributed by atoms with Gasteiger partial charge in [0.2, 0.25) is 0 Å². The van der Waals surface area contributed by atoms with Gasteiger partial charge in [-0.3, -0.25) is 0 Å². The molecule has 0 aliphatic rings. The zero-order chi connectivity index (χ0) is 44.8. The lowest BCUT2D eigenvalue weighted by molar-refractivity contribution is -0.144. The molecule has 0 saturated heterocycles. The molecular weight excluding hydrogens is 829 g/mol. The highest BCUT2D eigenvalue weighted by molar-refractivity contribution is 6.34. The van der Waals surface area contributed by atoms with Crippen molar-refractivity contribution in [3.8, 4) is 44.5 Å². The van der Waals surface area contributed by atoms with Gasteiger partial charge in [-0.05, 0) is 141 Å². The van der Waals surface area contributed by atoms with Gasteiger partial charge in [0.05, 0.1) is 22.3 Å². The highest BCUT2D eigenvalue weighted by Gasteiger charge is 2.40. The maximum atomic E-state index is 14.7. The lowest BCUT2D eigenvalue weighted by Gasteiger charge is -2.27. The zero-order valence-corrected chi connectivity index (χ0v) is 33.1. The van der Waals surface area contributed by atoms with Crippen molar-refractivity contribution in [2.24, 2.45) is 0 Å². The fourth-order valence-corrected chi connectivity index (χ4v) is 8.76. The first-order valence-corrected chi connectivity index (χ1v) is 19.1. The molecular formula is C50H32F12. The van der Waals surface area contributed by atoms with Crippen LogP contribution in [0.4, 0.5) is 52.7 Å². The standard InChI is InChI=1S/C50H32F12/c1-25-13-26(2)16-29(15-25)41-37-9-5-6-10-38(37)42(30-17-27(3)14-28(4)18-30)46-44(32-21-35(49(57,58)59)24-36(22-32)50(60,61)62)40-12-8-7-11-39(40)43(45(41)46)31-19-33(47(51,52)53)23-34(20-31)48(54,55)56/h5-24H,1-4H3. The van der Waals surface area contributed by atoms with Gasteiger partial charge in [-0.25, -0.2) is 0 Å². The Morgan fingerprint density at radius 2 is 0.484 bits per heavy atom. The van der Waals surface area contributed by atoms with Crippen molar-refractivity contribution in [1.82, 2.24) is 0 Å². The van der Waals surface area contributed by atoms with Crippen molar-refractivity contribution in [3.63, 3.8) is 0 Å². The van der Waals surface area contributed by atoms with Crippen LogP contribution in [0.2, 0.25) is 0 Å². The van der Waals surface area contributed by atoms with Gasteiger partial charge in [-0.2, -0.15) is 52.7 Å². The summed E-state index contributed by atoms with van der Waals surface area (Å²) in [5.41, 5.74) is -3.34. The van der Waals surface area contributed by atoms with Crippen molar-refractivity contribution in [2.45, 2.75) is 52.4 Å². The third-order valence-corrected chi connectivity index (χ3v) is 11.0. The molecule has 0 aliphatic carbocycles. The maximum absolute atomic E-state index is 14.7. The molecule has 0 heterocycles. The Balaban J connectivity index is 1.79. The molecule has 62 heavy (non-hydrogen) atoms. The van der Waals surface area contributed by atoms with E-state index in [-0.39, 0.29) is 44.8 Å². The normalized spacial score (nSPS) is 12.8. The Morgan fingerprint density at radius 1 is 0.274 bits per heavy atom. The van der Waals surface area contributed by atoms with Gasteiger partial charge in [0.25, 0.3) is 0 Å². The maximum Gasteiger partial charge on any atom is 0.416 e. The smallest absolute Gasteiger partial charge is 0.166 e. The summed E-state index contributed by atoms with van der Waals surface area (Å²) >= 11 is 0. The fourth-order valence-electron chi connectivity index (χ4n) is 8.76. The number of benzene rings is 8. The first kappa shape index (κ1) is 42.4. The van der Waals surface area contributed by atoms with E-state index in [2.05, 4.69) is 0 Å². The molecule has 0 N–H and O–H groups in total. The van der Waals surface area contributed by atoms with E-state index < -0.39 is 58.1 Å². The quantitative estimate of drug-likeness (QED) is 0.122. The molecule has 0 saturated carbocycles. The molecule has 0 radical (unpaired) electrons. The molecule has 0 fully saturated rings. The number of alkyl halides is 12. The summed E-state index contributed by atoms with van der Waals surface area (Å²) in [6.45, 7) is 7.15. The van der Waals surface area contributed by atoms with Crippen LogP contribution in [-0.2, 0) is 24.7 Å². The Morgan fingerprint density at radius 3 is 0.694 bits per heavy atom. The monoisotopic (exact) mass is 860 g/mol. The molecule has 0 nitrogen and oxygen atoms in total. The number of fused-ring (bicyclic) bond motifs is 3. The van der Waals surface area contributed by atoms with Crippen LogP contribution in [0.5, 0.6) is 0 Å². The molecule has 0 amide bonds. The number of hydrogen-bond donors (Lipinski definition) is 0. The van der Waals surface area contributed by atoms with Gasteiger partial charge in [0, 0.05) is 0 Å². The average Bonchev–Trinajstić information content (AvgIpc) is 3.16. The molecule has 12 heteroatoms. The summed E-state index contributed by atoms with van der Waals surface area (Å²) in [7, 11) is 0. The van der Waals surface area contributed by atoms with Gasteiger partial charge in [-0.15, -0.1) is 0 Å². The minimum atomic E-state index is -5.26. The summed E-state index contributed by atoms with van der Waals surface area (Å²) in [5, 5.41) is 0.973. The zero-order valence-electron chi connectivity index (χ0n) is 33.1. The lowest BCUT2D eigenvalue weighted by Crippen LogP contribution is -2.11. The third kappa shape index (κ3) is 7.64. The van der Waals surface area contributed by atoms with E-state index in [0.717, 1.165) is 22.3 Å². The summed E-state index contributed by atoms with van der Waals surface area (Å²) in [5.74, 6) is 0. The van der Waals surface area contributed by atoms with Crippen LogP contribution < -0.4 is 0 Å². The van der Waals surface area contributed by atoms with Crippen molar-refractivity contribution >= 4 is 32.3 Å².